The zero-order valence-electron chi connectivity index (χ0n) is 6.85. The lowest BCUT2D eigenvalue weighted by atomic mass is 9.92. The molecule has 0 aliphatic rings. The van der Waals surface area contributed by atoms with E-state index in [0.29, 0.717) is 0 Å². The molecule has 0 aliphatic carbocycles. The number of hydrogen-bond donors (Lipinski definition) is 1. The van der Waals surface area contributed by atoms with E-state index < -0.39 is 30.4 Å². The van der Waals surface area contributed by atoms with Crippen molar-refractivity contribution in [3.05, 3.63) is 0 Å². The van der Waals surface area contributed by atoms with Gasteiger partial charge in [0.25, 0.3) is 0 Å². The Morgan fingerprint density at radius 3 is 1.92 bits per heavy atom. The quantitative estimate of drug-likeness (QED) is 0.730. The van der Waals surface area contributed by atoms with Gasteiger partial charge >= 0.3 is 12.1 Å². The molecule has 12 heavy (non-hydrogen) atoms. The van der Waals surface area contributed by atoms with Crippen LogP contribution in [0, 0.1) is 11.8 Å². The average Bonchev–Trinajstić information content (AvgIpc) is 1.79. The first-order chi connectivity index (χ1) is 5.25. The Kier molecular flexibility index (Phi) is 3.55. The Hall–Kier alpha value is -0.740. The van der Waals surface area contributed by atoms with E-state index >= 15 is 0 Å². The normalized spacial score (nSPS) is 14.8. The summed E-state index contributed by atoms with van der Waals surface area (Å²) in [4.78, 5) is 10.1. The molecule has 2 nitrogen and oxygen atoms in total. The molecule has 0 aromatic heterocycles. The lowest BCUT2D eigenvalue weighted by Gasteiger charge is -2.21. The van der Waals surface area contributed by atoms with E-state index in [-0.39, 0.29) is 0 Å². The molecule has 0 aromatic rings. The second-order valence-corrected chi connectivity index (χ2v) is 2.99. The number of alkyl halides is 3. The zero-order chi connectivity index (χ0) is 9.94. The van der Waals surface area contributed by atoms with Gasteiger partial charge < -0.3 is 5.11 Å². The Morgan fingerprint density at radius 1 is 1.42 bits per heavy atom. The maximum atomic E-state index is 12.1. The minimum absolute atomic E-state index is 0.693. The standard InChI is InChI=1S/C7H11F3O2/c1-4(2)5(3-6(11)12)7(8,9)10/h4-5H,3H2,1-2H3,(H,11,12). The van der Waals surface area contributed by atoms with Gasteiger partial charge in [0.05, 0.1) is 12.3 Å². The van der Waals surface area contributed by atoms with E-state index in [1.807, 2.05) is 0 Å². The molecule has 5 heteroatoms. The van der Waals surface area contributed by atoms with E-state index in [2.05, 4.69) is 0 Å². The highest BCUT2D eigenvalue weighted by atomic mass is 19.4. The smallest absolute Gasteiger partial charge is 0.392 e. The first-order valence-corrected chi connectivity index (χ1v) is 3.53. The molecule has 0 rings (SSSR count). The van der Waals surface area contributed by atoms with Crippen molar-refractivity contribution >= 4 is 5.97 Å². The molecule has 0 aromatic carbocycles. The molecule has 0 saturated carbocycles. The van der Waals surface area contributed by atoms with E-state index in [0.717, 1.165) is 0 Å². The molecule has 0 spiro atoms. The maximum Gasteiger partial charge on any atom is 0.392 e. The van der Waals surface area contributed by atoms with Gasteiger partial charge in [0.2, 0.25) is 0 Å². The van der Waals surface area contributed by atoms with Gasteiger partial charge in [-0.1, -0.05) is 13.8 Å². The van der Waals surface area contributed by atoms with E-state index in [1.165, 1.54) is 13.8 Å². The summed E-state index contributed by atoms with van der Waals surface area (Å²) < 4.78 is 36.2. The first kappa shape index (κ1) is 11.3. The molecular formula is C7H11F3O2. The van der Waals surface area contributed by atoms with Crippen LogP contribution in [0.5, 0.6) is 0 Å². The third kappa shape index (κ3) is 3.59. The van der Waals surface area contributed by atoms with Crippen molar-refractivity contribution in [2.75, 3.05) is 0 Å². The third-order valence-corrected chi connectivity index (χ3v) is 1.62. The third-order valence-electron chi connectivity index (χ3n) is 1.62. The van der Waals surface area contributed by atoms with Gasteiger partial charge in [-0.2, -0.15) is 13.2 Å². The van der Waals surface area contributed by atoms with Crippen LogP contribution in [0.2, 0.25) is 0 Å². The summed E-state index contributed by atoms with van der Waals surface area (Å²) in [6, 6.07) is 0. The fourth-order valence-electron chi connectivity index (χ4n) is 0.918. The van der Waals surface area contributed by atoms with Gasteiger partial charge in [0, 0.05) is 0 Å². The van der Waals surface area contributed by atoms with Crippen LogP contribution in [0.4, 0.5) is 13.2 Å². The van der Waals surface area contributed by atoms with Crippen LogP contribution in [0.1, 0.15) is 20.3 Å². The van der Waals surface area contributed by atoms with Crippen molar-refractivity contribution in [3.8, 4) is 0 Å². The van der Waals surface area contributed by atoms with Gasteiger partial charge in [0.15, 0.2) is 0 Å². The maximum absolute atomic E-state index is 12.1. The summed E-state index contributed by atoms with van der Waals surface area (Å²) in [6.07, 6.45) is -5.26. The van der Waals surface area contributed by atoms with E-state index in [1.54, 1.807) is 0 Å². The van der Waals surface area contributed by atoms with Crippen molar-refractivity contribution in [3.63, 3.8) is 0 Å². The lowest BCUT2D eigenvalue weighted by Crippen LogP contribution is -2.29. The van der Waals surface area contributed by atoms with Crippen LogP contribution in [0.25, 0.3) is 0 Å². The summed E-state index contributed by atoms with van der Waals surface area (Å²) in [5.74, 6) is -3.85. The molecule has 1 unspecified atom stereocenters. The van der Waals surface area contributed by atoms with Crippen LogP contribution in [-0.2, 0) is 4.79 Å². The van der Waals surface area contributed by atoms with Crippen molar-refractivity contribution in [1.29, 1.82) is 0 Å². The number of carbonyl (C=O) groups is 1. The Labute approximate surface area is 68.4 Å². The van der Waals surface area contributed by atoms with Crippen molar-refractivity contribution in [2.45, 2.75) is 26.4 Å². The molecule has 0 fully saturated rings. The molecule has 72 valence electrons. The van der Waals surface area contributed by atoms with E-state index in [4.69, 9.17) is 5.11 Å². The number of carboxylic acids is 1. The average molecular weight is 184 g/mol. The highest BCUT2D eigenvalue weighted by molar-refractivity contribution is 5.67. The second-order valence-electron chi connectivity index (χ2n) is 2.99. The molecule has 1 N–H and O–H groups in total. The number of rotatable bonds is 3. The monoisotopic (exact) mass is 184 g/mol. The SMILES string of the molecule is CC(C)C(CC(=O)O)C(F)(F)F. The number of carboxylic acid groups (broad SMARTS) is 1. The summed E-state index contributed by atoms with van der Waals surface area (Å²) >= 11 is 0. The largest absolute Gasteiger partial charge is 0.481 e. The predicted molar refractivity (Wildman–Crippen MR) is 36.6 cm³/mol. The van der Waals surface area contributed by atoms with Gasteiger partial charge in [-0.05, 0) is 5.92 Å². The van der Waals surface area contributed by atoms with Crippen molar-refractivity contribution < 1.29 is 23.1 Å². The minimum Gasteiger partial charge on any atom is -0.481 e. The summed E-state index contributed by atoms with van der Waals surface area (Å²) in [5.41, 5.74) is 0. The molecule has 0 aliphatic heterocycles. The number of aliphatic carboxylic acids is 1. The second kappa shape index (κ2) is 3.78. The molecule has 0 heterocycles. The topological polar surface area (TPSA) is 37.3 Å². The Morgan fingerprint density at radius 2 is 1.83 bits per heavy atom. The number of halogens is 3. The Balaban J connectivity index is 4.35. The van der Waals surface area contributed by atoms with Crippen LogP contribution in [0.15, 0.2) is 0 Å². The van der Waals surface area contributed by atoms with Crippen molar-refractivity contribution in [2.24, 2.45) is 11.8 Å². The molecular weight excluding hydrogens is 173 g/mol. The highest BCUT2D eigenvalue weighted by Crippen LogP contribution is 2.34. The van der Waals surface area contributed by atoms with Gasteiger partial charge in [0.1, 0.15) is 0 Å². The fourth-order valence-corrected chi connectivity index (χ4v) is 0.918. The summed E-state index contributed by atoms with van der Waals surface area (Å²) in [5, 5.41) is 8.20. The number of hydrogen-bond acceptors (Lipinski definition) is 1. The van der Waals surface area contributed by atoms with Gasteiger partial charge in [-0.3, -0.25) is 4.79 Å². The lowest BCUT2D eigenvalue weighted by molar-refractivity contribution is -0.192. The molecule has 0 amide bonds. The molecule has 0 saturated heterocycles. The van der Waals surface area contributed by atoms with Crippen LogP contribution >= 0.6 is 0 Å². The molecule has 1 atom stereocenters. The van der Waals surface area contributed by atoms with Crippen LogP contribution < -0.4 is 0 Å². The van der Waals surface area contributed by atoms with Crippen molar-refractivity contribution in [1.82, 2.24) is 0 Å². The van der Waals surface area contributed by atoms with Gasteiger partial charge in [-0.25, -0.2) is 0 Å². The minimum atomic E-state index is -4.41. The predicted octanol–water partition coefficient (Wildman–Crippen LogP) is 2.30. The molecule has 0 bridgehead atoms. The Bertz CT molecular complexity index is 163. The van der Waals surface area contributed by atoms with Gasteiger partial charge in [-0.15, -0.1) is 0 Å². The van der Waals surface area contributed by atoms with Crippen LogP contribution in [-0.4, -0.2) is 17.3 Å². The van der Waals surface area contributed by atoms with Crippen LogP contribution in [0.3, 0.4) is 0 Å². The highest BCUT2D eigenvalue weighted by Gasteiger charge is 2.42. The van der Waals surface area contributed by atoms with E-state index in [9.17, 15) is 18.0 Å². The summed E-state index contributed by atoms with van der Waals surface area (Å²) in [6.45, 7) is 2.72. The summed E-state index contributed by atoms with van der Waals surface area (Å²) in [7, 11) is 0. The zero-order valence-corrected chi connectivity index (χ0v) is 6.85. The molecule has 0 radical (unpaired) electrons. The fraction of sp³-hybridized carbons (Fsp3) is 0.857. The first-order valence-electron chi connectivity index (χ1n) is 3.53.